The Hall–Kier alpha value is -1.68. The number of benzene rings is 1. The minimum absolute atomic E-state index is 0.114. The zero-order chi connectivity index (χ0) is 19.9. The van der Waals surface area contributed by atoms with Crippen molar-refractivity contribution in [1.82, 2.24) is 15.4 Å². The number of amides is 1. The topological polar surface area (TPSA) is 106 Å². The summed E-state index contributed by atoms with van der Waals surface area (Å²) in [5, 5.41) is 6.09. The minimum Gasteiger partial charge on any atom is -0.496 e. The highest BCUT2D eigenvalue weighted by Gasteiger charge is 2.34. The van der Waals surface area contributed by atoms with Gasteiger partial charge in [-0.3, -0.25) is 4.79 Å². The second kappa shape index (κ2) is 9.50. The van der Waals surface area contributed by atoms with Gasteiger partial charge in [0.1, 0.15) is 5.75 Å². The molecule has 1 heterocycles. The van der Waals surface area contributed by atoms with Crippen LogP contribution in [0.3, 0.4) is 0 Å². The van der Waals surface area contributed by atoms with Gasteiger partial charge < -0.3 is 20.1 Å². The van der Waals surface area contributed by atoms with Crippen molar-refractivity contribution in [3.8, 4) is 5.75 Å². The summed E-state index contributed by atoms with van der Waals surface area (Å²) in [4.78, 5) is 11.6. The van der Waals surface area contributed by atoms with E-state index in [2.05, 4.69) is 15.4 Å². The lowest BCUT2D eigenvalue weighted by Gasteiger charge is -2.28. The molecular formula is C18H29N3O5S. The molecule has 1 fully saturated rings. The molecule has 1 saturated heterocycles. The summed E-state index contributed by atoms with van der Waals surface area (Å²) in [5.74, 6) is 0.413. The average molecular weight is 400 g/mol. The van der Waals surface area contributed by atoms with E-state index in [1.807, 2.05) is 0 Å². The molecule has 27 heavy (non-hydrogen) atoms. The third kappa shape index (κ3) is 5.65. The summed E-state index contributed by atoms with van der Waals surface area (Å²) in [6, 6.07) is 4.63. The van der Waals surface area contributed by atoms with Gasteiger partial charge in [0.15, 0.2) is 0 Å². The van der Waals surface area contributed by atoms with Crippen LogP contribution in [0.15, 0.2) is 23.1 Å². The molecule has 1 aliphatic rings. The Morgan fingerprint density at radius 2 is 2.11 bits per heavy atom. The fraction of sp³-hybridized carbons (Fsp3) is 0.611. The van der Waals surface area contributed by atoms with Crippen molar-refractivity contribution < 1.29 is 22.7 Å². The van der Waals surface area contributed by atoms with Gasteiger partial charge in [0.05, 0.1) is 24.2 Å². The number of sulfonamides is 1. The predicted octanol–water partition coefficient (Wildman–Crippen LogP) is 0.768. The van der Waals surface area contributed by atoms with Gasteiger partial charge in [-0.2, -0.15) is 0 Å². The lowest BCUT2D eigenvalue weighted by molar-refractivity contribution is -0.120. The highest BCUT2D eigenvalue weighted by molar-refractivity contribution is 7.89. The average Bonchev–Trinajstić information content (AvgIpc) is 3.13. The van der Waals surface area contributed by atoms with Crippen molar-refractivity contribution in [2.75, 3.05) is 33.9 Å². The number of carbonyl (C=O) groups is 1. The van der Waals surface area contributed by atoms with Crippen molar-refractivity contribution in [3.05, 3.63) is 23.8 Å². The largest absolute Gasteiger partial charge is 0.496 e. The molecule has 1 unspecified atom stereocenters. The number of hydrogen-bond acceptors (Lipinski definition) is 6. The van der Waals surface area contributed by atoms with Gasteiger partial charge >= 0.3 is 0 Å². The molecule has 1 aromatic carbocycles. The van der Waals surface area contributed by atoms with Crippen LogP contribution in [0.25, 0.3) is 0 Å². The fourth-order valence-electron chi connectivity index (χ4n) is 3.17. The highest BCUT2D eigenvalue weighted by atomic mass is 32.2. The SMILES string of the molecule is CCC(=O)NCc1cc(S(=O)(=O)NCC2(COC)CCCN2)ccc1OC. The van der Waals surface area contributed by atoms with E-state index < -0.39 is 10.0 Å². The van der Waals surface area contributed by atoms with E-state index >= 15 is 0 Å². The van der Waals surface area contributed by atoms with E-state index in [9.17, 15) is 13.2 Å². The third-order valence-electron chi connectivity index (χ3n) is 4.71. The summed E-state index contributed by atoms with van der Waals surface area (Å²) in [6.45, 7) is 3.48. The van der Waals surface area contributed by atoms with E-state index in [-0.39, 0.29) is 29.4 Å². The van der Waals surface area contributed by atoms with Crippen LogP contribution in [0, 0.1) is 0 Å². The Balaban J connectivity index is 2.15. The van der Waals surface area contributed by atoms with Crippen molar-refractivity contribution in [1.29, 1.82) is 0 Å². The number of methoxy groups -OCH3 is 2. The van der Waals surface area contributed by atoms with Crippen molar-refractivity contribution in [2.24, 2.45) is 0 Å². The Labute approximate surface area is 161 Å². The fourth-order valence-corrected chi connectivity index (χ4v) is 4.34. The lowest BCUT2D eigenvalue weighted by Crippen LogP contribution is -2.52. The van der Waals surface area contributed by atoms with Crippen molar-refractivity contribution in [2.45, 2.75) is 43.2 Å². The van der Waals surface area contributed by atoms with Crippen LogP contribution in [0.4, 0.5) is 0 Å². The summed E-state index contributed by atoms with van der Waals surface area (Å²) < 4.78 is 38.8. The van der Waals surface area contributed by atoms with Gasteiger partial charge in [-0.05, 0) is 37.6 Å². The zero-order valence-electron chi connectivity index (χ0n) is 16.1. The molecule has 0 saturated carbocycles. The first-order valence-electron chi connectivity index (χ1n) is 9.03. The van der Waals surface area contributed by atoms with Gasteiger partial charge in [-0.1, -0.05) is 6.92 Å². The molecule has 9 heteroatoms. The third-order valence-corrected chi connectivity index (χ3v) is 6.11. The number of carbonyl (C=O) groups excluding carboxylic acids is 1. The first-order valence-corrected chi connectivity index (χ1v) is 10.5. The first-order chi connectivity index (χ1) is 12.9. The van der Waals surface area contributed by atoms with E-state index in [0.29, 0.717) is 24.3 Å². The monoisotopic (exact) mass is 399 g/mol. The maximum atomic E-state index is 12.8. The van der Waals surface area contributed by atoms with Gasteiger partial charge in [0.25, 0.3) is 0 Å². The van der Waals surface area contributed by atoms with Crippen LogP contribution in [-0.2, 0) is 26.1 Å². The molecule has 1 aliphatic heterocycles. The van der Waals surface area contributed by atoms with E-state index in [1.165, 1.54) is 19.2 Å². The van der Waals surface area contributed by atoms with Crippen LogP contribution in [0.1, 0.15) is 31.7 Å². The molecular weight excluding hydrogens is 370 g/mol. The number of hydrogen-bond donors (Lipinski definition) is 3. The quantitative estimate of drug-likeness (QED) is 0.537. The molecule has 1 amide bonds. The smallest absolute Gasteiger partial charge is 0.240 e. The maximum absolute atomic E-state index is 12.8. The Morgan fingerprint density at radius 3 is 2.70 bits per heavy atom. The summed E-state index contributed by atoms with van der Waals surface area (Å²) >= 11 is 0. The molecule has 0 bridgehead atoms. The molecule has 0 radical (unpaired) electrons. The standard InChI is InChI=1S/C18H29N3O5S/c1-4-17(22)19-11-14-10-15(6-7-16(14)26-3)27(23,24)21-12-18(13-25-2)8-5-9-20-18/h6-7,10,20-21H,4-5,8-9,11-13H2,1-3H3,(H,19,22). The van der Waals surface area contributed by atoms with E-state index in [4.69, 9.17) is 9.47 Å². The Bertz CT molecular complexity index is 745. The normalized spacial score (nSPS) is 19.8. The second-order valence-corrected chi connectivity index (χ2v) is 8.44. The Morgan fingerprint density at radius 1 is 1.33 bits per heavy atom. The van der Waals surface area contributed by atoms with Crippen molar-refractivity contribution in [3.63, 3.8) is 0 Å². The van der Waals surface area contributed by atoms with Crippen LogP contribution in [0.2, 0.25) is 0 Å². The minimum atomic E-state index is -3.71. The number of rotatable bonds is 10. The first kappa shape index (κ1) is 21.6. The lowest BCUT2D eigenvalue weighted by atomic mass is 9.99. The van der Waals surface area contributed by atoms with E-state index in [1.54, 1.807) is 20.1 Å². The van der Waals surface area contributed by atoms with Gasteiger partial charge in [-0.25, -0.2) is 13.1 Å². The highest BCUT2D eigenvalue weighted by Crippen LogP contribution is 2.24. The molecule has 2 rings (SSSR count). The number of ether oxygens (including phenoxy) is 2. The molecule has 0 spiro atoms. The Kier molecular flexibility index (Phi) is 7.60. The summed E-state index contributed by atoms with van der Waals surface area (Å²) in [5.41, 5.74) is 0.222. The van der Waals surface area contributed by atoms with Crippen molar-refractivity contribution >= 4 is 15.9 Å². The molecule has 0 aliphatic carbocycles. The molecule has 1 atom stereocenters. The molecule has 8 nitrogen and oxygen atoms in total. The van der Waals surface area contributed by atoms with Crippen LogP contribution < -0.4 is 20.1 Å². The van der Waals surface area contributed by atoms with Gasteiger partial charge in [-0.15, -0.1) is 0 Å². The molecule has 152 valence electrons. The van der Waals surface area contributed by atoms with Gasteiger partial charge in [0, 0.05) is 32.2 Å². The van der Waals surface area contributed by atoms with Gasteiger partial charge in [0.2, 0.25) is 15.9 Å². The van der Waals surface area contributed by atoms with E-state index in [0.717, 1.165) is 19.4 Å². The second-order valence-electron chi connectivity index (χ2n) is 6.67. The summed E-state index contributed by atoms with van der Waals surface area (Å²) in [6.07, 6.45) is 2.19. The van der Waals surface area contributed by atoms with Crippen LogP contribution in [0.5, 0.6) is 5.75 Å². The van der Waals surface area contributed by atoms with Crippen LogP contribution >= 0.6 is 0 Å². The number of nitrogens with one attached hydrogen (secondary N) is 3. The van der Waals surface area contributed by atoms with Crippen LogP contribution in [-0.4, -0.2) is 53.8 Å². The maximum Gasteiger partial charge on any atom is 0.240 e. The molecule has 3 N–H and O–H groups in total. The molecule has 1 aromatic rings. The predicted molar refractivity (Wildman–Crippen MR) is 102 cm³/mol. The molecule has 0 aromatic heterocycles. The zero-order valence-corrected chi connectivity index (χ0v) is 16.9. The summed E-state index contributed by atoms with van der Waals surface area (Å²) in [7, 11) is -0.595.